The Morgan fingerprint density at radius 2 is 1.20 bits per heavy atom. The first-order chi connectivity index (χ1) is 23.6. The van der Waals surface area contributed by atoms with E-state index in [2.05, 4.69) is 127 Å². The van der Waals surface area contributed by atoms with Gasteiger partial charge in [0.2, 0.25) is 0 Å². The molecular formula is C44H32N3OPt-. The molecule has 49 heavy (non-hydrogen) atoms. The van der Waals surface area contributed by atoms with Crippen molar-refractivity contribution in [2.24, 2.45) is 0 Å². The van der Waals surface area contributed by atoms with Crippen LogP contribution in [0.15, 0.2) is 164 Å². The molecule has 0 aliphatic carbocycles. The molecular weight excluding hydrogens is 782 g/mol. The van der Waals surface area contributed by atoms with Crippen LogP contribution in [0.5, 0.6) is 5.75 Å². The minimum Gasteiger partial charge on any atom is -0.507 e. The summed E-state index contributed by atoms with van der Waals surface area (Å²) in [7, 11) is 0. The molecule has 0 saturated heterocycles. The molecule has 1 atom stereocenters. The first-order valence-corrected chi connectivity index (χ1v) is 16.1. The first kappa shape index (κ1) is 32.0. The summed E-state index contributed by atoms with van der Waals surface area (Å²) in [5.74, 6) is 0.906. The summed E-state index contributed by atoms with van der Waals surface area (Å²) in [5.41, 5.74) is 11.7. The summed E-state index contributed by atoms with van der Waals surface area (Å²) in [5, 5.41) is 11.0. The van der Waals surface area contributed by atoms with Crippen molar-refractivity contribution in [1.29, 1.82) is 0 Å². The van der Waals surface area contributed by atoms with E-state index in [0.717, 1.165) is 61.2 Å². The summed E-state index contributed by atoms with van der Waals surface area (Å²) >= 11 is 0. The van der Waals surface area contributed by atoms with Crippen molar-refractivity contribution >= 4 is 11.0 Å². The number of benzene rings is 6. The molecule has 2 aromatic heterocycles. The van der Waals surface area contributed by atoms with Gasteiger partial charge < -0.3 is 9.67 Å². The number of pyridine rings is 1. The predicted octanol–water partition coefficient (Wildman–Crippen LogP) is 10.9. The molecule has 2 heterocycles. The maximum Gasteiger partial charge on any atom is 0.144 e. The third-order valence-electron chi connectivity index (χ3n) is 8.94. The van der Waals surface area contributed by atoms with Crippen LogP contribution >= 0.6 is 0 Å². The van der Waals surface area contributed by atoms with Crippen LogP contribution in [0.4, 0.5) is 0 Å². The number of aromatic nitrogens is 3. The second-order valence-corrected chi connectivity index (χ2v) is 11.9. The Kier molecular flexibility index (Phi) is 9.07. The Hall–Kier alpha value is -5.57. The molecule has 1 unspecified atom stereocenters. The fourth-order valence-corrected chi connectivity index (χ4v) is 6.50. The molecule has 0 radical (unpaired) electrons. The molecule has 240 valence electrons. The summed E-state index contributed by atoms with van der Waals surface area (Å²) < 4.78 is 2.23. The first-order valence-electron chi connectivity index (χ1n) is 16.1. The fourth-order valence-electron chi connectivity index (χ4n) is 6.50. The van der Waals surface area contributed by atoms with E-state index in [0.29, 0.717) is 11.4 Å². The number of imidazole rings is 1. The van der Waals surface area contributed by atoms with Crippen LogP contribution in [0.2, 0.25) is 0 Å². The molecule has 8 aromatic rings. The smallest absolute Gasteiger partial charge is 0.144 e. The van der Waals surface area contributed by atoms with Crippen molar-refractivity contribution < 1.29 is 26.2 Å². The molecule has 5 heteroatoms. The maximum atomic E-state index is 11.0. The van der Waals surface area contributed by atoms with Crippen LogP contribution in [0, 0.1) is 6.07 Å². The van der Waals surface area contributed by atoms with E-state index in [1.54, 1.807) is 6.07 Å². The number of nitrogens with zero attached hydrogens (tertiary/aromatic N) is 3. The monoisotopic (exact) mass is 813 g/mol. The second-order valence-electron chi connectivity index (χ2n) is 11.9. The minimum atomic E-state index is -0.0406. The summed E-state index contributed by atoms with van der Waals surface area (Å²) in [6.45, 7) is 2.18. The van der Waals surface area contributed by atoms with E-state index in [-0.39, 0.29) is 32.9 Å². The van der Waals surface area contributed by atoms with Crippen molar-refractivity contribution in [3.05, 3.63) is 176 Å². The molecule has 0 spiro atoms. The SMILES string of the molecule is CC(c1ccccc1)n1c(-c2ccccc2O)nc2c(-c3[c-]c(-c4cc(-c5ccccc5)ccn4)cc(-c4ccccc4)c3)cccc21.[Pt]. The van der Waals surface area contributed by atoms with Crippen molar-refractivity contribution in [3.8, 4) is 61.8 Å². The number of hydrogen-bond donors (Lipinski definition) is 1. The summed E-state index contributed by atoms with van der Waals surface area (Å²) in [6.07, 6.45) is 1.87. The number of phenolic OH excluding ortho intramolecular Hbond substituents is 1. The van der Waals surface area contributed by atoms with Crippen molar-refractivity contribution in [2.45, 2.75) is 13.0 Å². The van der Waals surface area contributed by atoms with E-state index in [9.17, 15) is 5.11 Å². The largest absolute Gasteiger partial charge is 0.507 e. The average molecular weight is 814 g/mol. The zero-order valence-electron chi connectivity index (χ0n) is 26.8. The Morgan fingerprint density at radius 3 is 1.92 bits per heavy atom. The Labute approximate surface area is 300 Å². The molecule has 6 aromatic carbocycles. The molecule has 4 nitrogen and oxygen atoms in total. The molecule has 0 bridgehead atoms. The molecule has 8 rings (SSSR count). The zero-order valence-corrected chi connectivity index (χ0v) is 29.0. The molecule has 1 N–H and O–H groups in total. The van der Waals surface area contributed by atoms with Gasteiger partial charge in [-0.2, -0.15) is 0 Å². The average Bonchev–Trinajstić information content (AvgIpc) is 3.55. The predicted molar refractivity (Wildman–Crippen MR) is 195 cm³/mol. The van der Waals surface area contributed by atoms with Crippen molar-refractivity contribution in [3.63, 3.8) is 0 Å². The van der Waals surface area contributed by atoms with Gasteiger partial charge in [-0.25, -0.2) is 4.98 Å². The van der Waals surface area contributed by atoms with E-state index in [1.807, 2.05) is 48.7 Å². The van der Waals surface area contributed by atoms with E-state index in [1.165, 1.54) is 0 Å². The number of para-hydroxylation sites is 2. The van der Waals surface area contributed by atoms with Gasteiger partial charge in [-0.1, -0.05) is 138 Å². The van der Waals surface area contributed by atoms with Crippen molar-refractivity contribution in [1.82, 2.24) is 14.5 Å². The van der Waals surface area contributed by atoms with Crippen LogP contribution in [0.3, 0.4) is 0 Å². The second kappa shape index (κ2) is 13.9. The topological polar surface area (TPSA) is 50.9 Å². The molecule has 0 aliphatic rings. The Morgan fingerprint density at radius 1 is 0.592 bits per heavy atom. The maximum absolute atomic E-state index is 11.0. The van der Waals surface area contributed by atoms with Gasteiger partial charge in [0.25, 0.3) is 0 Å². The zero-order chi connectivity index (χ0) is 32.5. The van der Waals surface area contributed by atoms with Gasteiger partial charge in [-0.3, -0.25) is 4.98 Å². The van der Waals surface area contributed by atoms with Crippen molar-refractivity contribution in [2.75, 3.05) is 0 Å². The van der Waals surface area contributed by atoms with E-state index in [4.69, 9.17) is 9.97 Å². The van der Waals surface area contributed by atoms with Crippen LogP contribution in [0.25, 0.3) is 67.1 Å². The van der Waals surface area contributed by atoms with Gasteiger partial charge in [-0.15, -0.1) is 23.8 Å². The third-order valence-corrected chi connectivity index (χ3v) is 8.94. The fraction of sp³-hybridized carbons (Fsp3) is 0.0455. The molecule has 0 saturated carbocycles. The van der Waals surface area contributed by atoms with Gasteiger partial charge in [0, 0.05) is 33.0 Å². The standard InChI is InChI=1S/C44H32N3O.Pt/c1-30(31-14-5-2-6-15-31)47-41-22-13-21-38(43(41)46-44(47)39-20-11-12-23-42(39)48)36-26-35(33-18-9-4-10-19-33)27-37(28-36)40-29-34(24-25-45-40)32-16-7-3-8-17-32;/h2-27,29-30,48H,1H3;/q-1;. The van der Waals surface area contributed by atoms with Gasteiger partial charge in [0.1, 0.15) is 11.6 Å². The molecule has 0 aliphatic heterocycles. The van der Waals surface area contributed by atoms with Crippen LogP contribution in [0.1, 0.15) is 18.5 Å². The third kappa shape index (κ3) is 6.24. The normalized spacial score (nSPS) is 11.6. The van der Waals surface area contributed by atoms with E-state index < -0.39 is 0 Å². The minimum absolute atomic E-state index is 0. The Balaban J connectivity index is 0.00000378. The Bertz CT molecular complexity index is 2370. The van der Waals surface area contributed by atoms with Crippen LogP contribution in [-0.4, -0.2) is 19.6 Å². The van der Waals surface area contributed by atoms with Gasteiger partial charge in [0.15, 0.2) is 0 Å². The quantitative estimate of drug-likeness (QED) is 0.163. The van der Waals surface area contributed by atoms with Gasteiger partial charge in [-0.05, 0) is 53.4 Å². The molecule has 0 fully saturated rings. The molecule has 0 amide bonds. The van der Waals surface area contributed by atoms with Gasteiger partial charge >= 0.3 is 0 Å². The number of rotatable bonds is 7. The number of aromatic hydroxyl groups is 1. The number of phenols is 1. The number of fused-ring (bicyclic) bond motifs is 1. The number of hydrogen-bond acceptors (Lipinski definition) is 3. The van der Waals surface area contributed by atoms with Crippen LogP contribution < -0.4 is 0 Å². The van der Waals surface area contributed by atoms with Gasteiger partial charge in [0.05, 0.1) is 22.6 Å². The summed E-state index contributed by atoms with van der Waals surface area (Å²) in [4.78, 5) is 10.1. The van der Waals surface area contributed by atoms with Crippen LogP contribution in [-0.2, 0) is 21.1 Å². The van der Waals surface area contributed by atoms with E-state index >= 15 is 0 Å². The summed E-state index contributed by atoms with van der Waals surface area (Å²) in [6, 6.07) is 57.1.